The minimum atomic E-state index is -1.44. The number of carbonyl (C=O) groups is 2. The van der Waals surface area contributed by atoms with Crippen molar-refractivity contribution >= 4 is 29.3 Å². The molecule has 2 aromatic rings. The second kappa shape index (κ2) is 9.06. The summed E-state index contributed by atoms with van der Waals surface area (Å²) >= 11 is 1.54. The molecule has 0 spiro atoms. The van der Waals surface area contributed by atoms with Gasteiger partial charge < -0.3 is 15.2 Å². The van der Waals surface area contributed by atoms with Crippen molar-refractivity contribution < 1.29 is 19.4 Å². The molecule has 0 atom stereocenters. The Labute approximate surface area is 163 Å². The smallest absolute Gasteiger partial charge is 0.338 e. The van der Waals surface area contributed by atoms with Gasteiger partial charge in [0.15, 0.2) is 12.2 Å². The number of hydrogen-bond acceptors (Lipinski definition) is 5. The first-order chi connectivity index (χ1) is 13.1. The molecule has 0 aromatic heterocycles. The quantitative estimate of drug-likeness (QED) is 0.735. The van der Waals surface area contributed by atoms with Crippen molar-refractivity contribution in [3.05, 3.63) is 54.6 Å². The average molecular weight is 385 g/mol. The van der Waals surface area contributed by atoms with Crippen LogP contribution in [0.1, 0.15) is 32.1 Å². The van der Waals surface area contributed by atoms with Crippen molar-refractivity contribution in [1.82, 2.24) is 0 Å². The molecule has 142 valence electrons. The SMILES string of the molecule is O=C(COC(=O)C1(O)CCCCC1)Nc1ccccc1Sc1ccccc1. The Bertz CT molecular complexity index is 788. The summed E-state index contributed by atoms with van der Waals surface area (Å²) < 4.78 is 5.07. The third-order valence-electron chi connectivity index (χ3n) is 4.53. The number of rotatable bonds is 6. The summed E-state index contributed by atoms with van der Waals surface area (Å²) in [6.45, 7) is -0.411. The lowest BCUT2D eigenvalue weighted by Crippen LogP contribution is -2.42. The topological polar surface area (TPSA) is 75.6 Å². The van der Waals surface area contributed by atoms with Crippen molar-refractivity contribution in [2.24, 2.45) is 0 Å². The molecule has 0 aliphatic heterocycles. The van der Waals surface area contributed by atoms with Crippen LogP contribution in [0.15, 0.2) is 64.4 Å². The van der Waals surface area contributed by atoms with E-state index in [-0.39, 0.29) is 0 Å². The van der Waals surface area contributed by atoms with Gasteiger partial charge in [-0.05, 0) is 49.9 Å². The number of hydrogen-bond donors (Lipinski definition) is 2. The van der Waals surface area contributed by atoms with E-state index in [2.05, 4.69) is 5.32 Å². The van der Waals surface area contributed by atoms with Gasteiger partial charge in [-0.15, -0.1) is 0 Å². The zero-order valence-electron chi connectivity index (χ0n) is 15.0. The molecule has 5 nitrogen and oxygen atoms in total. The van der Waals surface area contributed by atoms with E-state index in [0.717, 1.165) is 29.1 Å². The second-order valence-electron chi connectivity index (χ2n) is 6.63. The average Bonchev–Trinajstić information content (AvgIpc) is 2.69. The first-order valence-electron chi connectivity index (χ1n) is 9.08. The fraction of sp³-hybridized carbons (Fsp3) is 0.333. The normalized spacial score (nSPS) is 15.7. The predicted molar refractivity (Wildman–Crippen MR) is 105 cm³/mol. The lowest BCUT2D eigenvalue weighted by atomic mass is 9.85. The Morgan fingerprint density at radius 1 is 1.00 bits per heavy atom. The van der Waals surface area contributed by atoms with Gasteiger partial charge in [0.05, 0.1) is 5.69 Å². The molecule has 0 bridgehead atoms. The van der Waals surface area contributed by atoms with Gasteiger partial charge in [-0.1, -0.05) is 48.5 Å². The summed E-state index contributed by atoms with van der Waals surface area (Å²) in [5.41, 5.74) is -0.789. The van der Waals surface area contributed by atoms with E-state index >= 15 is 0 Å². The van der Waals surface area contributed by atoms with Crippen LogP contribution in [0.2, 0.25) is 0 Å². The molecule has 0 radical (unpaired) electrons. The van der Waals surface area contributed by atoms with Gasteiger partial charge in [-0.25, -0.2) is 4.79 Å². The molecular formula is C21H23NO4S. The molecule has 1 aliphatic carbocycles. The number of aliphatic hydroxyl groups is 1. The van der Waals surface area contributed by atoms with E-state index in [4.69, 9.17) is 4.74 Å². The largest absolute Gasteiger partial charge is 0.453 e. The van der Waals surface area contributed by atoms with E-state index in [1.165, 1.54) is 0 Å². The molecule has 2 N–H and O–H groups in total. The highest BCUT2D eigenvalue weighted by Gasteiger charge is 2.38. The van der Waals surface area contributed by atoms with Crippen LogP contribution in [-0.4, -0.2) is 29.2 Å². The van der Waals surface area contributed by atoms with Crippen LogP contribution in [0.4, 0.5) is 5.69 Å². The third-order valence-corrected chi connectivity index (χ3v) is 5.61. The molecule has 0 saturated heterocycles. The van der Waals surface area contributed by atoms with Crippen molar-refractivity contribution in [2.75, 3.05) is 11.9 Å². The maximum Gasteiger partial charge on any atom is 0.338 e. The van der Waals surface area contributed by atoms with Crippen molar-refractivity contribution in [1.29, 1.82) is 0 Å². The highest BCUT2D eigenvalue weighted by Crippen LogP contribution is 2.33. The Balaban J connectivity index is 1.57. The summed E-state index contributed by atoms with van der Waals surface area (Å²) in [6, 6.07) is 17.3. The van der Waals surface area contributed by atoms with Crippen LogP contribution in [0.5, 0.6) is 0 Å². The molecule has 1 saturated carbocycles. The standard InChI is InChI=1S/C21H23NO4S/c23-19(15-26-20(24)21(25)13-7-2-8-14-21)22-17-11-5-6-12-18(17)27-16-9-3-1-4-10-16/h1,3-6,9-12,25H,2,7-8,13-15H2,(H,22,23). The lowest BCUT2D eigenvalue weighted by molar-refractivity contribution is -0.170. The number of esters is 1. The molecule has 0 unspecified atom stereocenters. The number of para-hydroxylation sites is 1. The van der Waals surface area contributed by atoms with Crippen LogP contribution in [0.3, 0.4) is 0 Å². The number of amides is 1. The van der Waals surface area contributed by atoms with Crippen molar-refractivity contribution in [2.45, 2.75) is 47.5 Å². The van der Waals surface area contributed by atoms with Crippen LogP contribution in [-0.2, 0) is 14.3 Å². The van der Waals surface area contributed by atoms with E-state index in [1.54, 1.807) is 17.8 Å². The van der Waals surface area contributed by atoms with Gasteiger partial charge in [0.25, 0.3) is 5.91 Å². The summed E-state index contributed by atoms with van der Waals surface area (Å²) in [7, 11) is 0. The van der Waals surface area contributed by atoms with Gasteiger partial charge in [0.1, 0.15) is 0 Å². The molecule has 27 heavy (non-hydrogen) atoms. The lowest BCUT2D eigenvalue weighted by Gasteiger charge is -2.29. The summed E-state index contributed by atoms with van der Waals surface area (Å²) in [5.74, 6) is -1.13. The Kier molecular flexibility index (Phi) is 6.53. The number of benzene rings is 2. The Morgan fingerprint density at radius 2 is 1.67 bits per heavy atom. The molecule has 1 amide bonds. The van der Waals surface area contributed by atoms with Crippen LogP contribution in [0, 0.1) is 0 Å². The number of carbonyl (C=O) groups excluding carboxylic acids is 2. The van der Waals surface area contributed by atoms with Gasteiger partial charge in [-0.2, -0.15) is 0 Å². The van der Waals surface area contributed by atoms with Gasteiger partial charge in [-0.3, -0.25) is 4.79 Å². The second-order valence-corrected chi connectivity index (χ2v) is 7.74. The molecule has 0 heterocycles. The first kappa shape index (κ1) is 19.5. The molecule has 2 aromatic carbocycles. The summed E-state index contributed by atoms with van der Waals surface area (Å²) in [6.07, 6.45) is 3.38. The van der Waals surface area contributed by atoms with E-state index in [9.17, 15) is 14.7 Å². The number of ether oxygens (including phenoxy) is 1. The summed E-state index contributed by atoms with van der Waals surface area (Å²) in [5, 5.41) is 13.1. The zero-order valence-corrected chi connectivity index (χ0v) is 15.8. The Morgan fingerprint density at radius 3 is 2.41 bits per heavy atom. The third kappa shape index (κ3) is 5.34. The van der Waals surface area contributed by atoms with Gasteiger partial charge in [0.2, 0.25) is 0 Å². The number of anilines is 1. The maximum absolute atomic E-state index is 12.2. The fourth-order valence-electron chi connectivity index (χ4n) is 3.07. The number of nitrogens with one attached hydrogen (secondary N) is 1. The van der Waals surface area contributed by atoms with Gasteiger partial charge in [0, 0.05) is 9.79 Å². The van der Waals surface area contributed by atoms with E-state index < -0.39 is 24.1 Å². The Hall–Kier alpha value is -2.31. The fourth-order valence-corrected chi connectivity index (χ4v) is 3.99. The van der Waals surface area contributed by atoms with Crippen molar-refractivity contribution in [3.8, 4) is 0 Å². The maximum atomic E-state index is 12.2. The molecule has 1 fully saturated rings. The monoisotopic (exact) mass is 385 g/mol. The van der Waals surface area contributed by atoms with Crippen LogP contribution >= 0.6 is 11.8 Å². The van der Waals surface area contributed by atoms with Crippen LogP contribution < -0.4 is 5.32 Å². The zero-order chi connectivity index (χ0) is 19.1. The minimum Gasteiger partial charge on any atom is -0.453 e. The minimum absolute atomic E-state index is 0.393. The molecule has 1 aliphatic rings. The molecular weight excluding hydrogens is 362 g/mol. The predicted octanol–water partition coefficient (Wildman–Crippen LogP) is 4.01. The van der Waals surface area contributed by atoms with Gasteiger partial charge >= 0.3 is 5.97 Å². The summed E-state index contributed by atoms with van der Waals surface area (Å²) in [4.78, 5) is 26.3. The van der Waals surface area contributed by atoms with E-state index in [1.807, 2.05) is 48.5 Å². The first-order valence-corrected chi connectivity index (χ1v) is 9.90. The highest BCUT2D eigenvalue weighted by molar-refractivity contribution is 7.99. The molecule has 6 heteroatoms. The highest BCUT2D eigenvalue weighted by atomic mass is 32.2. The van der Waals surface area contributed by atoms with E-state index in [0.29, 0.717) is 18.5 Å². The van der Waals surface area contributed by atoms with Crippen molar-refractivity contribution in [3.63, 3.8) is 0 Å². The van der Waals surface area contributed by atoms with Crippen LogP contribution in [0.25, 0.3) is 0 Å². The molecule has 3 rings (SSSR count).